The van der Waals surface area contributed by atoms with Gasteiger partial charge in [-0.25, -0.2) is 10.8 Å². The van der Waals surface area contributed by atoms with Crippen molar-refractivity contribution in [2.75, 3.05) is 5.32 Å². The van der Waals surface area contributed by atoms with Gasteiger partial charge < -0.3 is 5.32 Å². The second kappa shape index (κ2) is 5.16. The lowest BCUT2D eigenvalue weighted by atomic mass is 10.3. The molecular weight excluding hydrogens is 336 g/mol. The maximum atomic E-state index is 5.42. The number of guanidine groups is 1. The molecule has 1 saturated carbocycles. The van der Waals surface area contributed by atoms with E-state index >= 15 is 0 Å². The molecule has 1 fully saturated rings. The van der Waals surface area contributed by atoms with Crippen molar-refractivity contribution >= 4 is 43.5 Å². The first-order chi connectivity index (χ1) is 7.70. The summed E-state index contributed by atoms with van der Waals surface area (Å²) < 4.78 is 1.92. The molecule has 1 aliphatic rings. The minimum atomic E-state index is 0.416. The van der Waals surface area contributed by atoms with Crippen molar-refractivity contribution in [2.45, 2.75) is 18.9 Å². The molecular formula is C10H12Br2N4. The van der Waals surface area contributed by atoms with Crippen LogP contribution in [0.15, 0.2) is 32.1 Å². The highest BCUT2D eigenvalue weighted by Gasteiger charge is 2.21. The van der Waals surface area contributed by atoms with E-state index in [-0.39, 0.29) is 0 Å². The largest absolute Gasteiger partial charge is 0.323 e. The van der Waals surface area contributed by atoms with Crippen molar-refractivity contribution < 1.29 is 0 Å². The first-order valence-corrected chi connectivity index (χ1v) is 6.54. The molecule has 2 rings (SSSR count). The fourth-order valence-electron chi connectivity index (χ4n) is 1.23. The van der Waals surface area contributed by atoms with Gasteiger partial charge >= 0.3 is 0 Å². The number of para-hydroxylation sites is 1. The molecule has 0 bridgehead atoms. The molecule has 4 nitrogen and oxygen atoms in total. The number of nitrogens with two attached hydrogens (primary N) is 1. The van der Waals surface area contributed by atoms with Crippen molar-refractivity contribution in [3.8, 4) is 0 Å². The smallest absolute Gasteiger partial charge is 0.210 e. The number of aliphatic imine (C=N–C) groups is 1. The Morgan fingerprint density at radius 2 is 1.94 bits per heavy atom. The number of nitrogens with zero attached hydrogens (tertiary/aromatic N) is 1. The fraction of sp³-hybridized carbons (Fsp3) is 0.300. The van der Waals surface area contributed by atoms with Crippen LogP contribution in [0.3, 0.4) is 0 Å². The lowest BCUT2D eigenvalue weighted by Gasteiger charge is -2.12. The van der Waals surface area contributed by atoms with E-state index in [1.807, 2.05) is 18.2 Å². The number of hydrogen-bond acceptors (Lipinski definition) is 2. The standard InChI is InChI=1S/C10H12Br2N4/c11-7-2-1-3-8(12)9(7)15-10(16-13)14-6-4-5-6/h1-3,6H,4-5,13H2,(H2,14,15,16). The summed E-state index contributed by atoms with van der Waals surface area (Å²) in [5, 5.41) is 3.16. The molecule has 0 unspecified atom stereocenters. The molecule has 0 atom stereocenters. The SMILES string of the molecule is NNC(=NC1CC1)Nc1c(Br)cccc1Br. The topological polar surface area (TPSA) is 62.4 Å². The summed E-state index contributed by atoms with van der Waals surface area (Å²) in [6, 6.07) is 6.28. The maximum Gasteiger partial charge on any atom is 0.210 e. The van der Waals surface area contributed by atoms with Gasteiger partial charge in [0.1, 0.15) is 0 Å². The van der Waals surface area contributed by atoms with Gasteiger partial charge in [0.2, 0.25) is 5.96 Å². The van der Waals surface area contributed by atoms with Gasteiger partial charge in [0.15, 0.2) is 0 Å². The maximum absolute atomic E-state index is 5.42. The van der Waals surface area contributed by atoms with E-state index in [1.165, 1.54) is 0 Å². The molecule has 16 heavy (non-hydrogen) atoms. The number of anilines is 1. The average molecular weight is 348 g/mol. The van der Waals surface area contributed by atoms with Crippen LogP contribution in [-0.4, -0.2) is 12.0 Å². The molecule has 0 aromatic heterocycles. The zero-order valence-corrected chi connectivity index (χ0v) is 11.7. The Bertz CT molecular complexity index is 395. The summed E-state index contributed by atoms with van der Waals surface area (Å²) in [5.41, 5.74) is 3.49. The van der Waals surface area contributed by atoms with Gasteiger partial charge in [0.05, 0.1) is 11.7 Å². The predicted molar refractivity (Wildman–Crippen MR) is 73.2 cm³/mol. The van der Waals surface area contributed by atoms with Gasteiger partial charge in [-0.3, -0.25) is 5.43 Å². The number of rotatable bonds is 2. The second-order valence-electron chi connectivity index (χ2n) is 3.57. The zero-order valence-electron chi connectivity index (χ0n) is 8.50. The first-order valence-electron chi connectivity index (χ1n) is 4.96. The van der Waals surface area contributed by atoms with Gasteiger partial charge in [0.25, 0.3) is 0 Å². The third-order valence-corrected chi connectivity index (χ3v) is 3.52. The molecule has 86 valence electrons. The van der Waals surface area contributed by atoms with Gasteiger partial charge in [-0.15, -0.1) is 0 Å². The predicted octanol–water partition coefficient (Wildman–Crippen LogP) is 2.61. The summed E-state index contributed by atoms with van der Waals surface area (Å²) in [6.45, 7) is 0. The summed E-state index contributed by atoms with van der Waals surface area (Å²) >= 11 is 6.94. The minimum Gasteiger partial charge on any atom is -0.323 e. The number of hydrogen-bond donors (Lipinski definition) is 3. The van der Waals surface area contributed by atoms with Crippen molar-refractivity contribution in [3.05, 3.63) is 27.1 Å². The third-order valence-electron chi connectivity index (χ3n) is 2.20. The van der Waals surface area contributed by atoms with E-state index in [1.54, 1.807) is 0 Å². The van der Waals surface area contributed by atoms with E-state index in [0.29, 0.717) is 12.0 Å². The monoisotopic (exact) mass is 346 g/mol. The van der Waals surface area contributed by atoms with Crippen LogP contribution in [0.5, 0.6) is 0 Å². The molecule has 0 spiro atoms. The molecule has 0 radical (unpaired) electrons. The van der Waals surface area contributed by atoms with Gasteiger partial charge in [-0.2, -0.15) is 0 Å². The number of nitrogens with one attached hydrogen (secondary N) is 2. The molecule has 0 heterocycles. The average Bonchev–Trinajstić information content (AvgIpc) is 3.06. The van der Waals surface area contributed by atoms with Crippen LogP contribution in [0, 0.1) is 0 Å². The Morgan fingerprint density at radius 1 is 1.31 bits per heavy atom. The lowest BCUT2D eigenvalue weighted by molar-refractivity contribution is 0.965. The molecule has 1 aromatic carbocycles. The Kier molecular flexibility index (Phi) is 3.83. The Labute approximate surface area is 111 Å². The minimum absolute atomic E-state index is 0.416. The van der Waals surface area contributed by atoms with E-state index in [4.69, 9.17) is 5.84 Å². The van der Waals surface area contributed by atoms with Crippen LogP contribution >= 0.6 is 31.9 Å². The first kappa shape index (κ1) is 11.9. The summed E-state index contributed by atoms with van der Waals surface area (Å²) in [5.74, 6) is 6.02. The highest BCUT2D eigenvalue weighted by Crippen LogP contribution is 2.31. The van der Waals surface area contributed by atoms with Crippen molar-refractivity contribution in [1.82, 2.24) is 5.43 Å². The number of hydrazine groups is 1. The van der Waals surface area contributed by atoms with E-state index in [2.05, 4.69) is 47.6 Å². The third kappa shape index (κ3) is 2.96. The second-order valence-corrected chi connectivity index (χ2v) is 5.28. The van der Waals surface area contributed by atoms with Crippen LogP contribution in [0.1, 0.15) is 12.8 Å². The molecule has 4 N–H and O–H groups in total. The van der Waals surface area contributed by atoms with Crippen LogP contribution in [0.4, 0.5) is 5.69 Å². The molecule has 0 aliphatic heterocycles. The normalized spacial score (nSPS) is 16.1. The Morgan fingerprint density at radius 3 is 2.44 bits per heavy atom. The van der Waals surface area contributed by atoms with E-state index in [0.717, 1.165) is 27.5 Å². The Balaban J connectivity index is 2.18. The Hall–Kier alpha value is -0.590. The van der Waals surface area contributed by atoms with Gasteiger partial charge in [0, 0.05) is 8.95 Å². The summed E-state index contributed by atoms with van der Waals surface area (Å²) in [4.78, 5) is 4.41. The van der Waals surface area contributed by atoms with Crippen molar-refractivity contribution in [1.29, 1.82) is 0 Å². The van der Waals surface area contributed by atoms with Gasteiger partial charge in [-0.05, 0) is 56.8 Å². The zero-order chi connectivity index (χ0) is 11.5. The quantitative estimate of drug-likeness (QED) is 0.333. The number of benzene rings is 1. The number of halogens is 2. The van der Waals surface area contributed by atoms with Crippen LogP contribution in [0.25, 0.3) is 0 Å². The highest BCUT2D eigenvalue weighted by molar-refractivity contribution is 9.11. The van der Waals surface area contributed by atoms with Crippen LogP contribution < -0.4 is 16.6 Å². The fourth-order valence-corrected chi connectivity index (χ4v) is 2.42. The molecule has 1 aliphatic carbocycles. The summed E-state index contributed by atoms with van der Waals surface area (Å²) in [6.07, 6.45) is 2.29. The molecule has 6 heteroatoms. The lowest BCUT2D eigenvalue weighted by Crippen LogP contribution is -2.36. The molecule has 0 amide bonds. The van der Waals surface area contributed by atoms with E-state index in [9.17, 15) is 0 Å². The highest BCUT2D eigenvalue weighted by atomic mass is 79.9. The van der Waals surface area contributed by atoms with E-state index < -0.39 is 0 Å². The van der Waals surface area contributed by atoms with Crippen LogP contribution in [-0.2, 0) is 0 Å². The van der Waals surface area contributed by atoms with Crippen molar-refractivity contribution in [2.24, 2.45) is 10.8 Å². The van der Waals surface area contributed by atoms with Crippen molar-refractivity contribution in [3.63, 3.8) is 0 Å². The van der Waals surface area contributed by atoms with Gasteiger partial charge in [-0.1, -0.05) is 6.07 Å². The molecule has 1 aromatic rings. The summed E-state index contributed by atoms with van der Waals surface area (Å²) in [7, 11) is 0. The molecule has 0 saturated heterocycles. The van der Waals surface area contributed by atoms with Crippen LogP contribution in [0.2, 0.25) is 0 Å².